The Labute approximate surface area is 79.4 Å². The van der Waals surface area contributed by atoms with Crippen molar-refractivity contribution in [3.05, 3.63) is 47.7 Å². The molecule has 1 nitrogen and oxygen atoms in total. The highest BCUT2D eigenvalue weighted by atomic mass is 16.3. The normalized spacial score (nSPS) is 11.4. The summed E-state index contributed by atoms with van der Waals surface area (Å²) in [6.45, 7) is 3.90. The molecule has 0 unspecified atom stereocenters. The number of rotatable bonds is 1. The van der Waals surface area contributed by atoms with Gasteiger partial charge in [-0.15, -0.1) is 0 Å². The fourth-order valence-corrected chi connectivity index (χ4v) is 1.32. The van der Waals surface area contributed by atoms with Gasteiger partial charge < -0.3 is 4.42 Å². The molecule has 1 aromatic heterocycles. The topological polar surface area (TPSA) is 13.1 Å². The van der Waals surface area contributed by atoms with Crippen LogP contribution >= 0.6 is 0 Å². The summed E-state index contributed by atoms with van der Waals surface area (Å²) in [6, 6.07) is 9.89. The van der Waals surface area contributed by atoms with Gasteiger partial charge in [-0.2, -0.15) is 0 Å². The van der Waals surface area contributed by atoms with Crippen LogP contribution in [0.5, 0.6) is 0 Å². The van der Waals surface area contributed by atoms with Crippen LogP contribution in [0.15, 0.2) is 41.0 Å². The van der Waals surface area contributed by atoms with Crippen molar-refractivity contribution in [1.82, 2.24) is 0 Å². The van der Waals surface area contributed by atoms with Gasteiger partial charge in [-0.05, 0) is 25.0 Å². The first-order valence-corrected chi connectivity index (χ1v) is 4.32. The van der Waals surface area contributed by atoms with E-state index < -0.39 is 0 Å². The van der Waals surface area contributed by atoms with Gasteiger partial charge in [-0.3, -0.25) is 0 Å². The number of benzene rings is 1. The van der Waals surface area contributed by atoms with Crippen molar-refractivity contribution in [3.63, 3.8) is 0 Å². The molecule has 1 heterocycles. The third-order valence-electron chi connectivity index (χ3n) is 2.25. The summed E-state index contributed by atoms with van der Waals surface area (Å²) < 4.78 is 13.0. The smallest absolute Gasteiger partial charge is 0.137 e. The van der Waals surface area contributed by atoms with Crippen LogP contribution in [0, 0.1) is 13.8 Å². The van der Waals surface area contributed by atoms with Gasteiger partial charge in [0.05, 0.1) is 6.24 Å². The summed E-state index contributed by atoms with van der Waals surface area (Å²) in [7, 11) is 0. The molecule has 13 heavy (non-hydrogen) atoms. The van der Waals surface area contributed by atoms with Crippen LogP contribution in [0.3, 0.4) is 0 Å². The molecule has 2 aromatic rings. The first kappa shape index (κ1) is 6.96. The summed E-state index contributed by atoms with van der Waals surface area (Å²) in [5.41, 5.74) is 3.01. The molecule has 0 fully saturated rings. The molecule has 0 bridgehead atoms. The van der Waals surface area contributed by atoms with Crippen LogP contribution in [-0.4, -0.2) is 0 Å². The Balaban J connectivity index is 2.58. The minimum atomic E-state index is 0.265. The maximum absolute atomic E-state index is 7.56. The third kappa shape index (κ3) is 1.37. The second-order valence-corrected chi connectivity index (χ2v) is 3.15. The molecule has 1 aromatic carbocycles. The van der Waals surface area contributed by atoms with Gasteiger partial charge in [0.25, 0.3) is 0 Å². The fraction of sp³-hybridized carbons (Fsp3) is 0.167. The molecular formula is C12H12O. The Kier molecular flexibility index (Phi) is 1.66. The van der Waals surface area contributed by atoms with Gasteiger partial charge in [-0.25, -0.2) is 0 Å². The zero-order chi connectivity index (χ0) is 10.1. The summed E-state index contributed by atoms with van der Waals surface area (Å²) in [6.07, 6.45) is 0.265. The lowest BCUT2D eigenvalue weighted by molar-refractivity contribution is 0.579. The number of hydrogen-bond acceptors (Lipinski definition) is 1. The molecule has 0 spiro atoms. The predicted octanol–water partition coefficient (Wildman–Crippen LogP) is 3.56. The largest absolute Gasteiger partial charge is 0.464 e. The van der Waals surface area contributed by atoms with Crippen LogP contribution in [-0.2, 0) is 0 Å². The highest BCUT2D eigenvalue weighted by Crippen LogP contribution is 2.26. The van der Waals surface area contributed by atoms with E-state index in [0.29, 0.717) is 0 Å². The minimum absolute atomic E-state index is 0.265. The number of furan rings is 1. The van der Waals surface area contributed by atoms with Gasteiger partial charge in [0.1, 0.15) is 7.13 Å². The molecule has 0 aliphatic heterocycles. The van der Waals surface area contributed by atoms with Gasteiger partial charge in [0, 0.05) is 5.56 Å². The van der Waals surface area contributed by atoms with E-state index in [1.54, 1.807) is 0 Å². The van der Waals surface area contributed by atoms with Crippen molar-refractivity contribution in [2.75, 3.05) is 0 Å². The Hall–Kier alpha value is -1.50. The van der Waals surface area contributed by atoms with Crippen LogP contribution in [0.4, 0.5) is 0 Å². The average molecular weight is 173 g/mol. The lowest BCUT2D eigenvalue weighted by Gasteiger charge is -1.97. The monoisotopic (exact) mass is 173 g/mol. The molecular weight excluding hydrogens is 160 g/mol. The highest BCUT2D eigenvalue weighted by molar-refractivity contribution is 5.62. The summed E-state index contributed by atoms with van der Waals surface area (Å²) in [5, 5.41) is 0. The molecule has 0 atom stereocenters. The van der Waals surface area contributed by atoms with Crippen LogP contribution in [0.1, 0.15) is 12.5 Å². The Morgan fingerprint density at radius 3 is 2.38 bits per heavy atom. The van der Waals surface area contributed by atoms with Crippen molar-refractivity contribution in [2.45, 2.75) is 13.8 Å². The lowest BCUT2D eigenvalue weighted by Crippen LogP contribution is -1.77. The zero-order valence-electron chi connectivity index (χ0n) is 8.79. The molecule has 0 radical (unpaired) electrons. The average Bonchev–Trinajstić information content (AvgIpc) is 2.47. The van der Waals surface area contributed by atoms with Gasteiger partial charge >= 0.3 is 0 Å². The SMILES string of the molecule is [2H]c1oc(-c2ccccc2)c(C)c1C. The Morgan fingerprint density at radius 1 is 1.15 bits per heavy atom. The standard InChI is InChI=1S/C12H12O/c1-9-8-13-12(10(9)2)11-6-4-3-5-7-11/h3-8H,1-2H3/i8D. The van der Waals surface area contributed by atoms with Crippen molar-refractivity contribution in [2.24, 2.45) is 0 Å². The van der Waals surface area contributed by atoms with Gasteiger partial charge in [0.2, 0.25) is 0 Å². The van der Waals surface area contributed by atoms with Gasteiger partial charge in [0.15, 0.2) is 0 Å². The van der Waals surface area contributed by atoms with Crippen molar-refractivity contribution in [3.8, 4) is 11.3 Å². The Morgan fingerprint density at radius 2 is 1.85 bits per heavy atom. The maximum atomic E-state index is 7.56. The van der Waals surface area contributed by atoms with Crippen molar-refractivity contribution >= 4 is 0 Å². The molecule has 66 valence electrons. The van der Waals surface area contributed by atoms with Gasteiger partial charge in [-0.1, -0.05) is 30.3 Å². The van der Waals surface area contributed by atoms with E-state index in [9.17, 15) is 0 Å². The molecule has 0 N–H and O–H groups in total. The maximum Gasteiger partial charge on any atom is 0.137 e. The molecule has 0 amide bonds. The molecule has 0 aliphatic rings. The summed E-state index contributed by atoms with van der Waals surface area (Å²) >= 11 is 0. The highest BCUT2D eigenvalue weighted by Gasteiger charge is 2.07. The molecule has 0 saturated heterocycles. The second-order valence-electron chi connectivity index (χ2n) is 3.15. The van der Waals surface area contributed by atoms with Crippen LogP contribution < -0.4 is 0 Å². The summed E-state index contributed by atoms with van der Waals surface area (Å²) in [4.78, 5) is 0. The van der Waals surface area contributed by atoms with E-state index in [2.05, 4.69) is 0 Å². The number of hydrogen-bond donors (Lipinski definition) is 0. The zero-order valence-corrected chi connectivity index (χ0v) is 7.79. The molecule has 2 rings (SSSR count). The van der Waals surface area contributed by atoms with Crippen LogP contribution in [0.25, 0.3) is 11.3 Å². The van der Waals surface area contributed by atoms with E-state index in [1.165, 1.54) is 0 Å². The quantitative estimate of drug-likeness (QED) is 0.642. The minimum Gasteiger partial charge on any atom is -0.464 e. The third-order valence-corrected chi connectivity index (χ3v) is 2.25. The first-order valence-electron chi connectivity index (χ1n) is 4.82. The Bertz CT molecular complexity index is 443. The van der Waals surface area contributed by atoms with E-state index in [-0.39, 0.29) is 6.24 Å². The van der Waals surface area contributed by atoms with Crippen molar-refractivity contribution < 1.29 is 5.79 Å². The molecule has 1 heteroatoms. The molecule has 0 saturated carbocycles. The van der Waals surface area contributed by atoms with E-state index in [4.69, 9.17) is 5.79 Å². The predicted molar refractivity (Wildman–Crippen MR) is 53.6 cm³/mol. The van der Waals surface area contributed by atoms with E-state index in [1.807, 2.05) is 44.2 Å². The van der Waals surface area contributed by atoms with Crippen molar-refractivity contribution in [1.29, 1.82) is 0 Å². The van der Waals surface area contributed by atoms with E-state index in [0.717, 1.165) is 22.5 Å². The van der Waals surface area contributed by atoms with E-state index >= 15 is 0 Å². The first-order chi connectivity index (χ1) is 6.70. The fourth-order valence-electron chi connectivity index (χ4n) is 1.32. The van der Waals surface area contributed by atoms with Crippen LogP contribution in [0.2, 0.25) is 0 Å². The summed E-state index contributed by atoms with van der Waals surface area (Å²) in [5.74, 6) is 0.813. The molecule has 0 aliphatic carbocycles. The second kappa shape index (κ2) is 3.09. The lowest BCUT2D eigenvalue weighted by atomic mass is 10.1.